The first-order chi connectivity index (χ1) is 10.2. The van der Waals surface area contributed by atoms with Gasteiger partial charge in [0.1, 0.15) is 11.6 Å². The van der Waals surface area contributed by atoms with Crippen LogP contribution in [0.5, 0.6) is 5.75 Å². The highest BCUT2D eigenvalue weighted by Gasteiger charge is 2.08. The molecule has 0 aliphatic rings. The molecule has 0 bridgehead atoms. The number of aliphatic hydroxyl groups is 1. The third-order valence-corrected chi connectivity index (χ3v) is 3.37. The van der Waals surface area contributed by atoms with E-state index in [1.54, 1.807) is 6.07 Å². The van der Waals surface area contributed by atoms with Crippen LogP contribution in [-0.4, -0.2) is 18.3 Å². The van der Waals surface area contributed by atoms with E-state index in [-0.39, 0.29) is 12.4 Å². The summed E-state index contributed by atoms with van der Waals surface area (Å²) in [4.78, 5) is 0. The fourth-order valence-electron chi connectivity index (χ4n) is 2.05. The first kappa shape index (κ1) is 17.5. The van der Waals surface area contributed by atoms with E-state index in [0.717, 1.165) is 12.8 Å². The molecular formula is C18H25FO2. The SMILES string of the molecule is CCCCC(CC)COc1cc(F)cc(C#CCCO)c1. The normalized spacial score (nSPS) is 11.6. The molecule has 1 aromatic rings. The van der Waals surface area contributed by atoms with Crippen LogP contribution in [-0.2, 0) is 0 Å². The summed E-state index contributed by atoms with van der Waals surface area (Å²) >= 11 is 0. The minimum atomic E-state index is -0.345. The highest BCUT2D eigenvalue weighted by Crippen LogP contribution is 2.19. The van der Waals surface area contributed by atoms with Crippen LogP contribution in [0.4, 0.5) is 4.39 Å². The summed E-state index contributed by atoms with van der Waals surface area (Å²) < 4.78 is 19.3. The molecule has 1 N–H and O–H groups in total. The third-order valence-electron chi connectivity index (χ3n) is 3.37. The standard InChI is InChI=1S/C18H25FO2/c1-3-5-8-15(4-2)14-21-18-12-16(9-6-7-10-20)11-17(19)13-18/h11-13,15,20H,3-5,7-8,10,14H2,1-2H3. The van der Waals surface area contributed by atoms with Crippen molar-refractivity contribution in [2.75, 3.05) is 13.2 Å². The number of halogens is 1. The van der Waals surface area contributed by atoms with Crippen LogP contribution in [0.2, 0.25) is 0 Å². The summed E-state index contributed by atoms with van der Waals surface area (Å²) in [5.41, 5.74) is 0.583. The molecule has 0 saturated carbocycles. The van der Waals surface area contributed by atoms with E-state index in [0.29, 0.717) is 30.3 Å². The highest BCUT2D eigenvalue weighted by molar-refractivity contribution is 5.40. The van der Waals surface area contributed by atoms with Crippen LogP contribution in [0, 0.1) is 23.6 Å². The lowest BCUT2D eigenvalue weighted by Crippen LogP contribution is -2.11. The maximum absolute atomic E-state index is 13.5. The fourth-order valence-corrected chi connectivity index (χ4v) is 2.05. The maximum atomic E-state index is 13.5. The Morgan fingerprint density at radius 1 is 1.29 bits per heavy atom. The van der Waals surface area contributed by atoms with Gasteiger partial charge in [-0.25, -0.2) is 4.39 Å². The minimum absolute atomic E-state index is 0.0152. The number of rotatable bonds is 8. The number of unbranched alkanes of at least 4 members (excludes halogenated alkanes) is 1. The van der Waals surface area contributed by atoms with Gasteiger partial charge in [0, 0.05) is 18.1 Å². The van der Waals surface area contributed by atoms with E-state index in [9.17, 15) is 4.39 Å². The van der Waals surface area contributed by atoms with Gasteiger partial charge in [-0.15, -0.1) is 0 Å². The minimum Gasteiger partial charge on any atom is -0.493 e. The molecule has 21 heavy (non-hydrogen) atoms. The van der Waals surface area contributed by atoms with Gasteiger partial charge in [0.2, 0.25) is 0 Å². The van der Waals surface area contributed by atoms with E-state index in [1.165, 1.54) is 25.0 Å². The summed E-state index contributed by atoms with van der Waals surface area (Å²) in [6, 6.07) is 4.52. The van der Waals surface area contributed by atoms with Gasteiger partial charge in [0.05, 0.1) is 13.2 Å². The van der Waals surface area contributed by atoms with Crippen molar-refractivity contribution in [3.05, 3.63) is 29.6 Å². The van der Waals surface area contributed by atoms with Gasteiger partial charge in [-0.05, 0) is 24.5 Å². The molecule has 0 spiro atoms. The maximum Gasteiger partial charge on any atom is 0.128 e. The van der Waals surface area contributed by atoms with Gasteiger partial charge in [0.25, 0.3) is 0 Å². The summed E-state index contributed by atoms with van der Waals surface area (Å²) in [6.07, 6.45) is 4.98. The second kappa shape index (κ2) is 10.2. The Kier molecular flexibility index (Phi) is 8.54. The topological polar surface area (TPSA) is 29.5 Å². The molecule has 0 aromatic heterocycles. The van der Waals surface area contributed by atoms with Gasteiger partial charge in [0.15, 0.2) is 0 Å². The number of hydrogen-bond acceptors (Lipinski definition) is 2. The molecule has 1 rings (SSSR count). The Balaban J connectivity index is 2.64. The Bertz CT molecular complexity index is 474. The number of ether oxygens (including phenoxy) is 1. The molecule has 116 valence electrons. The molecule has 2 nitrogen and oxygen atoms in total. The average molecular weight is 292 g/mol. The zero-order chi connectivity index (χ0) is 15.5. The summed E-state index contributed by atoms with van der Waals surface area (Å²) in [6.45, 7) is 4.96. The van der Waals surface area contributed by atoms with Gasteiger partial charge in [-0.3, -0.25) is 0 Å². The van der Waals surface area contributed by atoms with Crippen molar-refractivity contribution in [3.8, 4) is 17.6 Å². The van der Waals surface area contributed by atoms with E-state index >= 15 is 0 Å². The van der Waals surface area contributed by atoms with Crippen molar-refractivity contribution in [1.29, 1.82) is 0 Å². The van der Waals surface area contributed by atoms with E-state index in [1.807, 2.05) is 0 Å². The van der Waals surface area contributed by atoms with Crippen molar-refractivity contribution >= 4 is 0 Å². The van der Waals surface area contributed by atoms with Gasteiger partial charge in [-0.2, -0.15) is 0 Å². The highest BCUT2D eigenvalue weighted by atomic mass is 19.1. The monoisotopic (exact) mass is 292 g/mol. The van der Waals surface area contributed by atoms with Crippen LogP contribution in [0.3, 0.4) is 0 Å². The Hall–Kier alpha value is -1.53. The molecule has 1 atom stereocenters. The lowest BCUT2D eigenvalue weighted by molar-refractivity contribution is 0.232. The smallest absolute Gasteiger partial charge is 0.128 e. The molecule has 0 radical (unpaired) electrons. The predicted molar refractivity (Wildman–Crippen MR) is 83.8 cm³/mol. The van der Waals surface area contributed by atoms with Crippen LogP contribution in [0.15, 0.2) is 18.2 Å². The second-order valence-electron chi connectivity index (χ2n) is 5.18. The largest absolute Gasteiger partial charge is 0.493 e. The summed E-state index contributed by atoms with van der Waals surface area (Å²) in [7, 11) is 0. The third kappa shape index (κ3) is 7.15. The second-order valence-corrected chi connectivity index (χ2v) is 5.18. The zero-order valence-corrected chi connectivity index (χ0v) is 13.0. The van der Waals surface area contributed by atoms with E-state index in [4.69, 9.17) is 9.84 Å². The van der Waals surface area contributed by atoms with Crippen LogP contribution >= 0.6 is 0 Å². The van der Waals surface area contributed by atoms with Crippen molar-refractivity contribution in [3.63, 3.8) is 0 Å². The molecule has 0 fully saturated rings. The number of aliphatic hydroxyl groups excluding tert-OH is 1. The molecule has 3 heteroatoms. The van der Waals surface area contributed by atoms with E-state index in [2.05, 4.69) is 25.7 Å². The Labute approximate surface area is 127 Å². The molecule has 0 heterocycles. The molecule has 0 amide bonds. The van der Waals surface area contributed by atoms with Gasteiger partial charge < -0.3 is 9.84 Å². The molecule has 1 aromatic carbocycles. The quantitative estimate of drug-likeness (QED) is 0.729. The van der Waals surface area contributed by atoms with Gasteiger partial charge in [-0.1, -0.05) is 45.0 Å². The fraction of sp³-hybridized carbons (Fsp3) is 0.556. The molecule has 0 aliphatic carbocycles. The van der Waals surface area contributed by atoms with E-state index < -0.39 is 0 Å². The molecular weight excluding hydrogens is 267 g/mol. The first-order valence-corrected chi connectivity index (χ1v) is 7.72. The predicted octanol–water partition coefficient (Wildman–Crippen LogP) is 4.15. The van der Waals surface area contributed by atoms with Crippen molar-refractivity contribution in [1.82, 2.24) is 0 Å². The van der Waals surface area contributed by atoms with Crippen LogP contribution in [0.1, 0.15) is 51.5 Å². The lowest BCUT2D eigenvalue weighted by atomic mass is 10.0. The van der Waals surface area contributed by atoms with Crippen molar-refractivity contribution < 1.29 is 14.2 Å². The first-order valence-electron chi connectivity index (χ1n) is 7.72. The van der Waals surface area contributed by atoms with Gasteiger partial charge >= 0.3 is 0 Å². The molecule has 0 aliphatic heterocycles. The lowest BCUT2D eigenvalue weighted by Gasteiger charge is -2.15. The van der Waals surface area contributed by atoms with Crippen LogP contribution < -0.4 is 4.74 Å². The van der Waals surface area contributed by atoms with Crippen molar-refractivity contribution in [2.24, 2.45) is 5.92 Å². The summed E-state index contributed by atoms with van der Waals surface area (Å²) in [5.74, 6) is 6.31. The van der Waals surface area contributed by atoms with Crippen LogP contribution in [0.25, 0.3) is 0 Å². The molecule has 1 unspecified atom stereocenters. The zero-order valence-electron chi connectivity index (χ0n) is 13.0. The van der Waals surface area contributed by atoms with Crippen molar-refractivity contribution in [2.45, 2.75) is 46.0 Å². The average Bonchev–Trinajstić information content (AvgIpc) is 2.47. The number of benzene rings is 1. The Morgan fingerprint density at radius 2 is 2.10 bits per heavy atom. The Morgan fingerprint density at radius 3 is 2.76 bits per heavy atom. The molecule has 0 saturated heterocycles. The number of hydrogen-bond donors (Lipinski definition) is 1. The summed E-state index contributed by atoms with van der Waals surface area (Å²) in [5, 5.41) is 8.70.